The van der Waals surface area contributed by atoms with Crippen molar-refractivity contribution in [3.8, 4) is 0 Å². The maximum absolute atomic E-state index is 9.66. The van der Waals surface area contributed by atoms with Gasteiger partial charge in [0.15, 0.2) is 0 Å². The van der Waals surface area contributed by atoms with Gasteiger partial charge in [-0.25, -0.2) is 0 Å². The largest absolute Gasteiger partial charge is 0.391 e. The van der Waals surface area contributed by atoms with E-state index in [0.717, 1.165) is 13.1 Å². The van der Waals surface area contributed by atoms with Crippen LogP contribution in [-0.2, 0) is 0 Å². The zero-order valence-electron chi connectivity index (χ0n) is 8.23. The summed E-state index contributed by atoms with van der Waals surface area (Å²) in [6.07, 6.45) is -0.209. The van der Waals surface area contributed by atoms with Crippen LogP contribution < -0.4 is 5.32 Å². The van der Waals surface area contributed by atoms with E-state index in [2.05, 4.69) is 24.4 Å². The normalized spacial score (nSPS) is 26.7. The lowest BCUT2D eigenvalue weighted by molar-refractivity contribution is 0.201. The van der Waals surface area contributed by atoms with Crippen molar-refractivity contribution in [2.75, 3.05) is 13.1 Å². The van der Waals surface area contributed by atoms with Gasteiger partial charge in [-0.05, 0) is 18.6 Å². The first kappa shape index (κ1) is 10.0. The zero-order valence-corrected chi connectivity index (χ0v) is 9.05. The highest BCUT2D eigenvalue weighted by Crippen LogP contribution is 2.29. The van der Waals surface area contributed by atoms with Crippen LogP contribution in [0.15, 0.2) is 29.2 Å². The van der Waals surface area contributed by atoms with Crippen LogP contribution in [0, 0.1) is 6.92 Å². The number of nitrogens with one attached hydrogen (secondary N) is 1. The fourth-order valence-corrected chi connectivity index (χ4v) is 2.80. The standard InChI is InChI=1S/C11H15NOS/c1-8-4-2-3-5-10(8)14-11-7-12-6-9(11)13/h2-5,9,11-13H,6-7H2,1H3/t9-,11-/m1/s1. The Kier molecular flexibility index (Phi) is 3.11. The average molecular weight is 209 g/mol. The molecule has 0 unspecified atom stereocenters. The summed E-state index contributed by atoms with van der Waals surface area (Å²) in [7, 11) is 0. The summed E-state index contributed by atoms with van der Waals surface area (Å²) in [5.74, 6) is 0. The number of benzene rings is 1. The number of hydrogen-bond donors (Lipinski definition) is 2. The van der Waals surface area contributed by atoms with Crippen molar-refractivity contribution >= 4 is 11.8 Å². The van der Waals surface area contributed by atoms with E-state index in [1.54, 1.807) is 11.8 Å². The van der Waals surface area contributed by atoms with Crippen LogP contribution in [0.2, 0.25) is 0 Å². The van der Waals surface area contributed by atoms with Crippen molar-refractivity contribution in [1.82, 2.24) is 5.32 Å². The highest BCUT2D eigenvalue weighted by molar-refractivity contribution is 8.00. The molecule has 0 saturated carbocycles. The van der Waals surface area contributed by atoms with Gasteiger partial charge in [0.05, 0.1) is 6.10 Å². The van der Waals surface area contributed by atoms with Crippen molar-refractivity contribution in [2.24, 2.45) is 0 Å². The smallest absolute Gasteiger partial charge is 0.0798 e. The molecule has 0 aliphatic carbocycles. The maximum atomic E-state index is 9.66. The monoisotopic (exact) mass is 209 g/mol. The minimum atomic E-state index is -0.209. The van der Waals surface area contributed by atoms with Crippen molar-refractivity contribution < 1.29 is 5.11 Å². The summed E-state index contributed by atoms with van der Waals surface area (Å²) in [5, 5.41) is 13.2. The molecule has 1 fully saturated rings. The molecule has 0 aromatic heterocycles. The van der Waals surface area contributed by atoms with Gasteiger partial charge in [0.1, 0.15) is 0 Å². The minimum absolute atomic E-state index is 0.209. The number of hydrogen-bond acceptors (Lipinski definition) is 3. The Morgan fingerprint density at radius 2 is 2.14 bits per heavy atom. The van der Waals surface area contributed by atoms with Crippen molar-refractivity contribution in [1.29, 1.82) is 0 Å². The Morgan fingerprint density at radius 1 is 1.36 bits per heavy atom. The average Bonchev–Trinajstić information content (AvgIpc) is 2.56. The third-order valence-corrected chi connectivity index (χ3v) is 4.00. The van der Waals surface area contributed by atoms with Crippen LogP contribution in [0.3, 0.4) is 0 Å². The fraction of sp³-hybridized carbons (Fsp3) is 0.455. The first-order valence-corrected chi connectivity index (χ1v) is 5.76. The van der Waals surface area contributed by atoms with Gasteiger partial charge >= 0.3 is 0 Å². The van der Waals surface area contributed by atoms with Gasteiger partial charge in [-0.1, -0.05) is 18.2 Å². The first-order valence-electron chi connectivity index (χ1n) is 4.88. The second kappa shape index (κ2) is 4.34. The molecule has 1 aromatic rings. The molecule has 1 saturated heterocycles. The Morgan fingerprint density at radius 3 is 2.79 bits per heavy atom. The van der Waals surface area contributed by atoms with E-state index in [-0.39, 0.29) is 6.10 Å². The molecule has 0 bridgehead atoms. The molecule has 76 valence electrons. The Balaban J connectivity index is 2.07. The molecule has 1 aliphatic rings. The number of thioether (sulfide) groups is 1. The summed E-state index contributed by atoms with van der Waals surface area (Å²) in [5.41, 5.74) is 1.29. The molecule has 0 spiro atoms. The summed E-state index contributed by atoms with van der Waals surface area (Å²) in [4.78, 5) is 1.28. The first-order chi connectivity index (χ1) is 6.77. The molecule has 14 heavy (non-hydrogen) atoms. The number of aliphatic hydroxyl groups excluding tert-OH is 1. The number of aliphatic hydroxyl groups is 1. The highest BCUT2D eigenvalue weighted by Gasteiger charge is 2.25. The van der Waals surface area contributed by atoms with Gasteiger partial charge < -0.3 is 10.4 Å². The van der Waals surface area contributed by atoms with E-state index >= 15 is 0 Å². The summed E-state index contributed by atoms with van der Waals surface area (Å²) in [6.45, 7) is 3.74. The van der Waals surface area contributed by atoms with E-state index in [4.69, 9.17) is 0 Å². The summed E-state index contributed by atoms with van der Waals surface area (Å²) < 4.78 is 0. The molecule has 2 atom stereocenters. The van der Waals surface area contributed by atoms with Crippen molar-refractivity contribution in [2.45, 2.75) is 23.2 Å². The second-order valence-electron chi connectivity index (χ2n) is 3.65. The lowest BCUT2D eigenvalue weighted by Gasteiger charge is -2.13. The third kappa shape index (κ3) is 2.11. The molecular weight excluding hydrogens is 194 g/mol. The quantitative estimate of drug-likeness (QED) is 0.772. The van der Waals surface area contributed by atoms with Crippen LogP contribution in [0.25, 0.3) is 0 Å². The topological polar surface area (TPSA) is 32.3 Å². The van der Waals surface area contributed by atoms with E-state index in [9.17, 15) is 5.11 Å². The van der Waals surface area contributed by atoms with E-state index < -0.39 is 0 Å². The number of β-amino-alcohol motifs (C(OH)–C–C–N with tert-alkyl or cyclic N) is 1. The molecule has 0 radical (unpaired) electrons. The van der Waals surface area contributed by atoms with E-state index in [1.165, 1.54) is 10.5 Å². The van der Waals surface area contributed by atoms with E-state index in [0.29, 0.717) is 5.25 Å². The predicted molar refractivity (Wildman–Crippen MR) is 59.7 cm³/mol. The van der Waals surface area contributed by atoms with E-state index in [1.807, 2.05) is 12.1 Å². The molecular formula is C11H15NOS. The third-order valence-electron chi connectivity index (χ3n) is 2.50. The zero-order chi connectivity index (χ0) is 9.97. The molecule has 2 N–H and O–H groups in total. The summed E-state index contributed by atoms with van der Waals surface area (Å²) in [6, 6.07) is 8.31. The Labute approximate surface area is 88.7 Å². The van der Waals surface area contributed by atoms with Gasteiger partial charge in [-0.2, -0.15) is 0 Å². The molecule has 1 aromatic carbocycles. The minimum Gasteiger partial charge on any atom is -0.391 e. The Hall–Kier alpha value is -0.510. The fourth-order valence-electron chi connectivity index (χ4n) is 1.61. The molecule has 0 amide bonds. The molecule has 2 rings (SSSR count). The molecule has 2 nitrogen and oxygen atoms in total. The van der Waals surface area contributed by atoms with Gasteiger partial charge in [-0.3, -0.25) is 0 Å². The Bertz CT molecular complexity index is 316. The van der Waals surface area contributed by atoms with Crippen LogP contribution in [0.1, 0.15) is 5.56 Å². The second-order valence-corrected chi connectivity index (χ2v) is 4.93. The SMILES string of the molecule is Cc1ccccc1S[C@@H]1CNC[C@H]1O. The van der Waals surface area contributed by atoms with Gasteiger partial charge in [0.2, 0.25) is 0 Å². The molecule has 3 heteroatoms. The molecule has 1 heterocycles. The summed E-state index contributed by atoms with van der Waals surface area (Å²) >= 11 is 1.77. The van der Waals surface area contributed by atoms with Crippen molar-refractivity contribution in [3.63, 3.8) is 0 Å². The van der Waals surface area contributed by atoms with Crippen LogP contribution in [0.5, 0.6) is 0 Å². The number of aryl methyl sites for hydroxylation is 1. The van der Waals surface area contributed by atoms with Crippen molar-refractivity contribution in [3.05, 3.63) is 29.8 Å². The van der Waals surface area contributed by atoms with Gasteiger partial charge in [0, 0.05) is 23.2 Å². The van der Waals surface area contributed by atoms with Gasteiger partial charge in [-0.15, -0.1) is 11.8 Å². The van der Waals surface area contributed by atoms with Gasteiger partial charge in [0.25, 0.3) is 0 Å². The highest BCUT2D eigenvalue weighted by atomic mass is 32.2. The van der Waals surface area contributed by atoms with Crippen LogP contribution in [0.4, 0.5) is 0 Å². The van der Waals surface area contributed by atoms with Crippen LogP contribution in [-0.4, -0.2) is 29.5 Å². The lowest BCUT2D eigenvalue weighted by Crippen LogP contribution is -2.19. The maximum Gasteiger partial charge on any atom is 0.0798 e. The predicted octanol–water partition coefficient (Wildman–Crippen LogP) is 1.42. The number of rotatable bonds is 2. The lowest BCUT2D eigenvalue weighted by atomic mass is 10.2. The van der Waals surface area contributed by atoms with Crippen LogP contribution >= 0.6 is 11.8 Å². The molecule has 1 aliphatic heterocycles.